The van der Waals surface area contributed by atoms with Crippen LogP contribution in [0, 0.1) is 28.1 Å². The van der Waals surface area contributed by atoms with Gasteiger partial charge in [0.25, 0.3) is 0 Å². The second kappa shape index (κ2) is 4.69. The number of aliphatic hydroxyl groups excluding tert-OH is 2. The van der Waals surface area contributed by atoms with Gasteiger partial charge in [-0.2, -0.15) is 0 Å². The molecule has 3 unspecified atom stereocenters. The molecule has 0 bridgehead atoms. The molecule has 4 aliphatic heterocycles. The molecule has 6 fully saturated rings. The lowest BCUT2D eigenvalue weighted by atomic mass is 9.51. The molecule has 11 atom stereocenters. The maximum atomic E-state index is 13.4. The topological polar surface area (TPSA) is 149 Å². The molecule has 3 N–H and O–H groups in total. The summed E-state index contributed by atoms with van der Waals surface area (Å²) < 4.78 is 22.6. The molecular weight excluding hydrogens is 400 g/mol. The minimum absolute atomic E-state index is 0.107. The van der Waals surface area contributed by atoms with Gasteiger partial charge in [-0.1, -0.05) is 20.8 Å². The number of hydrogen-bond acceptors (Lipinski definition) is 10. The maximum Gasteiger partial charge on any atom is 0.342 e. The molecule has 0 radical (unpaired) electrons. The number of esters is 3. The number of carbonyl (C=O) groups is 3. The summed E-state index contributed by atoms with van der Waals surface area (Å²) in [6.07, 6.45) is -6.73. The van der Waals surface area contributed by atoms with Crippen molar-refractivity contribution in [1.29, 1.82) is 0 Å². The van der Waals surface area contributed by atoms with Gasteiger partial charge in [-0.05, 0) is 12.3 Å². The first-order valence-corrected chi connectivity index (χ1v) is 10.2. The molecule has 10 heteroatoms. The first-order chi connectivity index (χ1) is 13.8. The predicted octanol–water partition coefficient (Wildman–Crippen LogP) is -1.37. The summed E-state index contributed by atoms with van der Waals surface area (Å²) in [6, 6.07) is 0. The van der Waals surface area contributed by atoms with Crippen LogP contribution < -0.4 is 0 Å². The van der Waals surface area contributed by atoms with E-state index in [-0.39, 0.29) is 6.42 Å². The van der Waals surface area contributed by atoms with Crippen LogP contribution in [0.15, 0.2) is 0 Å². The van der Waals surface area contributed by atoms with E-state index in [2.05, 4.69) is 0 Å². The quantitative estimate of drug-likeness (QED) is 0.314. The zero-order valence-electron chi connectivity index (χ0n) is 16.9. The Morgan fingerprint density at radius 3 is 2.33 bits per heavy atom. The lowest BCUT2D eigenvalue weighted by Crippen LogP contribution is -2.66. The Hall–Kier alpha value is -1.75. The Morgan fingerprint density at radius 2 is 1.70 bits per heavy atom. The van der Waals surface area contributed by atoms with E-state index in [9.17, 15) is 29.7 Å². The van der Waals surface area contributed by atoms with Gasteiger partial charge < -0.3 is 34.3 Å². The third kappa shape index (κ3) is 1.35. The molecule has 10 nitrogen and oxygen atoms in total. The van der Waals surface area contributed by atoms with Crippen LogP contribution in [0.4, 0.5) is 0 Å². The molecule has 30 heavy (non-hydrogen) atoms. The maximum absolute atomic E-state index is 13.4. The van der Waals surface area contributed by atoms with Gasteiger partial charge in [0.15, 0.2) is 11.7 Å². The summed E-state index contributed by atoms with van der Waals surface area (Å²) >= 11 is 0. The highest BCUT2D eigenvalue weighted by molar-refractivity contribution is 5.93. The molecule has 6 aliphatic rings. The second-order valence-electron chi connectivity index (χ2n) is 10.7. The van der Waals surface area contributed by atoms with Crippen molar-refractivity contribution in [3.05, 3.63) is 0 Å². The zero-order chi connectivity index (χ0) is 21.8. The van der Waals surface area contributed by atoms with E-state index in [0.29, 0.717) is 0 Å². The lowest BCUT2D eigenvalue weighted by Gasteiger charge is -2.46. The van der Waals surface area contributed by atoms with Crippen LogP contribution in [0.2, 0.25) is 0 Å². The summed E-state index contributed by atoms with van der Waals surface area (Å²) in [6.45, 7) is 6.97. The number of fused-ring (bicyclic) bond motifs is 1. The van der Waals surface area contributed by atoms with Crippen LogP contribution in [-0.2, 0) is 33.3 Å². The number of carbonyl (C=O) groups excluding carboxylic acids is 3. The normalized spacial score (nSPS) is 60.1. The average molecular weight is 424 g/mol. The van der Waals surface area contributed by atoms with Crippen molar-refractivity contribution in [3.8, 4) is 0 Å². The number of aliphatic hydroxyl groups is 3. The molecule has 4 saturated heterocycles. The Balaban J connectivity index is 1.71. The van der Waals surface area contributed by atoms with E-state index >= 15 is 0 Å². The molecule has 2 spiro atoms. The standard InChI is InChI=1S/C20H24O10/c1-6-12(23)27-7-5-17-11-8(21)9(16(2,3)4)18(17)10(22)13(24)29-15(18)30-20(17,14(25)28-11)19(6,7)26/h6-11,15,21-22,26H,5H2,1-4H3/t6-,7+,8-,9?,10?,11-,15+,17?,18-,19-,20-/m1/s1. The van der Waals surface area contributed by atoms with E-state index < -0.39 is 87.9 Å². The van der Waals surface area contributed by atoms with Crippen LogP contribution in [0.5, 0.6) is 0 Å². The van der Waals surface area contributed by atoms with E-state index in [1.165, 1.54) is 6.92 Å². The van der Waals surface area contributed by atoms with Crippen molar-refractivity contribution in [2.24, 2.45) is 28.1 Å². The number of ether oxygens (including phenoxy) is 4. The number of hydrogen-bond donors (Lipinski definition) is 3. The van der Waals surface area contributed by atoms with Gasteiger partial charge in [0.1, 0.15) is 12.2 Å². The molecule has 0 aromatic carbocycles. The van der Waals surface area contributed by atoms with Gasteiger partial charge in [0.05, 0.1) is 22.9 Å². The van der Waals surface area contributed by atoms with E-state index in [1.807, 2.05) is 20.8 Å². The average Bonchev–Trinajstić information content (AvgIpc) is 3.32. The van der Waals surface area contributed by atoms with Crippen LogP contribution in [-0.4, -0.2) is 75.1 Å². The Morgan fingerprint density at radius 1 is 1.03 bits per heavy atom. The fourth-order valence-corrected chi connectivity index (χ4v) is 8.22. The van der Waals surface area contributed by atoms with Crippen LogP contribution in [0.3, 0.4) is 0 Å². The minimum Gasteiger partial charge on any atom is -0.459 e. The molecule has 6 rings (SSSR count). The van der Waals surface area contributed by atoms with Crippen molar-refractivity contribution in [2.75, 3.05) is 0 Å². The van der Waals surface area contributed by atoms with Crippen molar-refractivity contribution in [2.45, 2.75) is 76.0 Å². The summed E-state index contributed by atoms with van der Waals surface area (Å²) in [5.74, 6) is -4.43. The highest BCUT2D eigenvalue weighted by atomic mass is 16.8. The third-order valence-electron chi connectivity index (χ3n) is 8.91. The lowest BCUT2D eigenvalue weighted by molar-refractivity contribution is -0.239. The van der Waals surface area contributed by atoms with Crippen molar-refractivity contribution >= 4 is 17.9 Å². The zero-order valence-corrected chi connectivity index (χ0v) is 16.9. The Labute approximate surface area is 171 Å². The molecule has 2 saturated carbocycles. The van der Waals surface area contributed by atoms with E-state index in [4.69, 9.17) is 18.9 Å². The second-order valence-corrected chi connectivity index (χ2v) is 10.7. The van der Waals surface area contributed by atoms with Gasteiger partial charge in [0, 0.05) is 12.3 Å². The molecule has 0 amide bonds. The van der Waals surface area contributed by atoms with Crippen LogP contribution in [0.25, 0.3) is 0 Å². The van der Waals surface area contributed by atoms with Crippen LogP contribution >= 0.6 is 0 Å². The largest absolute Gasteiger partial charge is 0.459 e. The van der Waals surface area contributed by atoms with Gasteiger partial charge in [-0.15, -0.1) is 0 Å². The van der Waals surface area contributed by atoms with E-state index in [0.717, 1.165) is 0 Å². The summed E-state index contributed by atoms with van der Waals surface area (Å²) in [7, 11) is 0. The predicted molar refractivity (Wildman–Crippen MR) is 92.0 cm³/mol. The number of rotatable bonds is 0. The fourth-order valence-electron chi connectivity index (χ4n) is 8.22. The molecule has 2 aliphatic carbocycles. The monoisotopic (exact) mass is 424 g/mol. The van der Waals surface area contributed by atoms with Gasteiger partial charge >= 0.3 is 17.9 Å². The third-order valence-corrected chi connectivity index (χ3v) is 8.91. The van der Waals surface area contributed by atoms with Gasteiger partial charge in [0.2, 0.25) is 11.9 Å². The summed E-state index contributed by atoms with van der Waals surface area (Å²) in [5.41, 5.74) is -7.95. The summed E-state index contributed by atoms with van der Waals surface area (Å²) in [4.78, 5) is 38.2. The molecule has 4 heterocycles. The minimum atomic E-state index is -2.12. The Bertz CT molecular complexity index is 925. The molecule has 164 valence electrons. The van der Waals surface area contributed by atoms with Crippen molar-refractivity contribution in [3.63, 3.8) is 0 Å². The van der Waals surface area contributed by atoms with E-state index in [1.54, 1.807) is 0 Å². The molecule has 0 aromatic rings. The molecular formula is C20H24O10. The van der Waals surface area contributed by atoms with Crippen LogP contribution in [0.1, 0.15) is 34.1 Å². The highest BCUT2D eigenvalue weighted by Gasteiger charge is 3.02. The van der Waals surface area contributed by atoms with Gasteiger partial charge in [-0.3, -0.25) is 4.79 Å². The Kier molecular flexibility index (Phi) is 2.97. The van der Waals surface area contributed by atoms with Gasteiger partial charge in [-0.25, -0.2) is 9.59 Å². The smallest absolute Gasteiger partial charge is 0.342 e. The van der Waals surface area contributed by atoms with Crippen molar-refractivity contribution < 1.29 is 48.7 Å². The first kappa shape index (κ1) is 19.0. The fraction of sp³-hybridized carbons (Fsp3) is 0.850. The SMILES string of the molecule is C[C@@H]1C(=O)O[C@H]2CC34[C@@H]5OC(=O)[C@]3(O[C@@H]3OC(=O)C(O)[C@]34C(C(C)(C)C)[C@H]5O)[C@]21O. The molecule has 0 aromatic heterocycles. The summed E-state index contributed by atoms with van der Waals surface area (Å²) in [5, 5.41) is 34.4. The first-order valence-electron chi connectivity index (χ1n) is 10.2. The highest BCUT2D eigenvalue weighted by Crippen LogP contribution is 2.84. The van der Waals surface area contributed by atoms with Crippen molar-refractivity contribution in [1.82, 2.24) is 0 Å².